The minimum absolute atomic E-state index is 0.148. The fourth-order valence-electron chi connectivity index (χ4n) is 2.01. The zero-order valence-electron chi connectivity index (χ0n) is 15.6. The lowest BCUT2D eigenvalue weighted by Gasteiger charge is -2.21. The average Bonchev–Trinajstić information content (AvgIpc) is 2.72. The largest absolute Gasteiger partial charge is 0.480 e. The molecule has 164 valence electrons. The van der Waals surface area contributed by atoms with Crippen LogP contribution in [0.3, 0.4) is 0 Å². The first-order chi connectivity index (χ1) is 14.1. The van der Waals surface area contributed by atoms with Gasteiger partial charge in [-0.15, -0.1) is 4.91 Å². The number of nitrogens with zero attached hydrogens (tertiary/aromatic N) is 2. The van der Waals surface area contributed by atoms with E-state index in [9.17, 15) is 29.3 Å². The molecule has 2 amide bonds. The van der Waals surface area contributed by atoms with Gasteiger partial charge in [0.1, 0.15) is 24.3 Å². The summed E-state index contributed by atoms with van der Waals surface area (Å²) < 4.78 is 0.693. The van der Waals surface area contributed by atoms with Gasteiger partial charge in [-0.2, -0.15) is 4.47 Å². The molecule has 0 saturated heterocycles. The number of aliphatic carboxylic acids is 2. The summed E-state index contributed by atoms with van der Waals surface area (Å²) in [5.41, 5.74) is 5.73. The third-order valence-corrected chi connectivity index (χ3v) is 4.54. The summed E-state index contributed by atoms with van der Waals surface area (Å²) in [7, 11) is 0. The molecule has 0 spiro atoms. The second-order valence-electron chi connectivity index (χ2n) is 5.89. The van der Waals surface area contributed by atoms with E-state index in [1.807, 2.05) is 0 Å². The molecular formula is C16H21N5O8S. The first-order valence-electron chi connectivity index (χ1n) is 8.46. The van der Waals surface area contributed by atoms with Crippen molar-refractivity contribution in [1.29, 1.82) is 0 Å². The molecule has 0 radical (unpaired) electrons. The summed E-state index contributed by atoms with van der Waals surface area (Å²) in [6, 6.07) is 3.03. The number of carbonyl (C=O) groups is 4. The van der Waals surface area contributed by atoms with Gasteiger partial charge >= 0.3 is 11.9 Å². The van der Waals surface area contributed by atoms with Crippen molar-refractivity contribution in [3.63, 3.8) is 0 Å². The smallest absolute Gasteiger partial charge is 0.322 e. The SMILES string of the molecule is N[C@@H](CCC(=O)N[C@@H](CSN(O)c1ccc(N=O)cc1)C(=O)NCC(=O)O)C(=O)O. The van der Waals surface area contributed by atoms with Crippen LogP contribution >= 0.6 is 11.9 Å². The Morgan fingerprint density at radius 2 is 1.80 bits per heavy atom. The van der Waals surface area contributed by atoms with Gasteiger partial charge in [0.05, 0.1) is 5.69 Å². The van der Waals surface area contributed by atoms with Crippen LogP contribution in [-0.4, -0.2) is 63.6 Å². The zero-order valence-corrected chi connectivity index (χ0v) is 16.4. The van der Waals surface area contributed by atoms with Gasteiger partial charge in [-0.25, -0.2) is 0 Å². The van der Waals surface area contributed by atoms with Crippen LogP contribution in [0, 0.1) is 4.91 Å². The maximum absolute atomic E-state index is 12.2. The zero-order chi connectivity index (χ0) is 22.7. The normalized spacial score (nSPS) is 12.3. The van der Waals surface area contributed by atoms with Gasteiger partial charge in [0.2, 0.25) is 11.8 Å². The first kappa shape index (κ1) is 24.8. The van der Waals surface area contributed by atoms with E-state index in [1.54, 1.807) is 0 Å². The molecule has 0 aliphatic heterocycles. The summed E-state index contributed by atoms with van der Waals surface area (Å²) in [5, 5.41) is 34.7. The van der Waals surface area contributed by atoms with Gasteiger partial charge in [-0.05, 0) is 47.8 Å². The fraction of sp³-hybridized carbons (Fsp3) is 0.375. The maximum atomic E-state index is 12.2. The molecule has 2 atom stereocenters. The number of benzene rings is 1. The van der Waals surface area contributed by atoms with Crippen molar-refractivity contribution in [2.24, 2.45) is 10.9 Å². The van der Waals surface area contributed by atoms with E-state index in [4.69, 9.17) is 15.9 Å². The molecule has 1 aromatic rings. The summed E-state index contributed by atoms with van der Waals surface area (Å²) in [4.78, 5) is 56.0. The van der Waals surface area contributed by atoms with Crippen LogP contribution in [0.15, 0.2) is 29.4 Å². The number of amides is 2. The van der Waals surface area contributed by atoms with Crippen molar-refractivity contribution in [3.05, 3.63) is 29.2 Å². The minimum Gasteiger partial charge on any atom is -0.480 e. The topological polar surface area (TPSA) is 212 Å². The highest BCUT2D eigenvalue weighted by molar-refractivity contribution is 8.00. The van der Waals surface area contributed by atoms with Crippen molar-refractivity contribution in [1.82, 2.24) is 10.6 Å². The van der Waals surface area contributed by atoms with E-state index in [1.165, 1.54) is 24.3 Å². The highest BCUT2D eigenvalue weighted by Crippen LogP contribution is 2.23. The molecule has 14 heteroatoms. The summed E-state index contributed by atoms with van der Waals surface area (Å²) in [5.74, 6) is -4.24. The van der Waals surface area contributed by atoms with Gasteiger partial charge in [0.25, 0.3) is 0 Å². The molecule has 0 aliphatic carbocycles. The number of rotatable bonds is 13. The Balaban J connectivity index is 2.72. The van der Waals surface area contributed by atoms with Crippen LogP contribution < -0.4 is 20.8 Å². The molecule has 0 bridgehead atoms. The Kier molecular flexibility index (Phi) is 10.2. The third kappa shape index (κ3) is 8.85. The monoisotopic (exact) mass is 443 g/mol. The highest BCUT2D eigenvalue weighted by atomic mass is 32.2. The number of hydrogen-bond donors (Lipinski definition) is 6. The van der Waals surface area contributed by atoms with Crippen molar-refractivity contribution in [2.45, 2.75) is 24.9 Å². The first-order valence-corrected chi connectivity index (χ1v) is 9.41. The van der Waals surface area contributed by atoms with E-state index in [-0.39, 0.29) is 30.0 Å². The second kappa shape index (κ2) is 12.4. The molecule has 1 aromatic carbocycles. The van der Waals surface area contributed by atoms with Crippen LogP contribution in [0.25, 0.3) is 0 Å². The van der Waals surface area contributed by atoms with Crippen LogP contribution in [0.2, 0.25) is 0 Å². The maximum Gasteiger partial charge on any atom is 0.322 e. The van der Waals surface area contributed by atoms with E-state index in [0.717, 1.165) is 11.9 Å². The quantitative estimate of drug-likeness (QED) is 0.133. The predicted octanol–water partition coefficient (Wildman–Crippen LogP) is -0.194. The van der Waals surface area contributed by atoms with Crippen LogP contribution in [0.4, 0.5) is 11.4 Å². The van der Waals surface area contributed by atoms with Crippen LogP contribution in [-0.2, 0) is 19.2 Å². The Bertz CT molecular complexity index is 775. The number of nitrogens with one attached hydrogen (secondary N) is 2. The van der Waals surface area contributed by atoms with Gasteiger partial charge in [0, 0.05) is 12.2 Å². The number of hydrogen-bond acceptors (Lipinski definition) is 10. The van der Waals surface area contributed by atoms with Gasteiger partial charge in [0.15, 0.2) is 0 Å². The van der Waals surface area contributed by atoms with E-state index >= 15 is 0 Å². The highest BCUT2D eigenvalue weighted by Gasteiger charge is 2.23. The molecular weight excluding hydrogens is 422 g/mol. The van der Waals surface area contributed by atoms with Crippen molar-refractivity contribution in [2.75, 3.05) is 16.8 Å². The van der Waals surface area contributed by atoms with E-state index in [0.29, 0.717) is 4.47 Å². The molecule has 0 saturated carbocycles. The number of nitrogens with two attached hydrogens (primary N) is 1. The number of anilines is 1. The van der Waals surface area contributed by atoms with Gasteiger partial charge in [-0.1, -0.05) is 0 Å². The fourth-order valence-corrected chi connectivity index (χ4v) is 2.80. The third-order valence-electron chi connectivity index (χ3n) is 3.60. The molecule has 1 rings (SSSR count). The number of carbonyl (C=O) groups excluding carboxylic acids is 2. The number of carboxylic acid groups (broad SMARTS) is 2. The van der Waals surface area contributed by atoms with E-state index in [2.05, 4.69) is 15.8 Å². The van der Waals surface area contributed by atoms with Crippen LogP contribution in [0.1, 0.15) is 12.8 Å². The van der Waals surface area contributed by atoms with Crippen molar-refractivity contribution < 1.29 is 34.6 Å². The summed E-state index contributed by atoms with van der Waals surface area (Å²) in [6.07, 6.45) is -0.440. The van der Waals surface area contributed by atoms with Gasteiger partial charge < -0.3 is 26.6 Å². The van der Waals surface area contributed by atoms with Gasteiger partial charge in [-0.3, -0.25) is 24.4 Å². The molecule has 7 N–H and O–H groups in total. The minimum atomic E-state index is -1.29. The Morgan fingerprint density at radius 1 is 1.17 bits per heavy atom. The number of carboxylic acids is 2. The van der Waals surface area contributed by atoms with Crippen molar-refractivity contribution in [3.8, 4) is 0 Å². The second-order valence-corrected chi connectivity index (χ2v) is 6.83. The standard InChI is InChI=1S/C16H21N5O8S/c17-11(16(26)27)5-6-13(22)19-12(15(25)18-7-14(23)24)8-30-21(29)10-3-1-9(20-28)2-4-10/h1-4,11-12,29H,5-8,17H2,(H,18,25)(H,19,22)(H,23,24)(H,26,27)/t11-,12-/m0/s1. The Labute approximate surface area is 174 Å². The predicted molar refractivity (Wildman–Crippen MR) is 106 cm³/mol. The molecule has 13 nitrogen and oxygen atoms in total. The molecule has 0 unspecified atom stereocenters. The lowest BCUT2D eigenvalue weighted by atomic mass is 10.1. The average molecular weight is 443 g/mol. The van der Waals surface area contributed by atoms with Crippen molar-refractivity contribution >= 4 is 47.1 Å². The lowest BCUT2D eigenvalue weighted by Crippen LogP contribution is -2.50. The molecule has 0 fully saturated rings. The molecule has 0 aliphatic rings. The molecule has 0 aromatic heterocycles. The Hall–Kier alpha value is -3.23. The molecule has 0 heterocycles. The number of nitroso groups, excluding NO2 is 1. The summed E-state index contributed by atoms with van der Waals surface area (Å²) in [6.45, 7) is -0.678. The van der Waals surface area contributed by atoms with E-state index < -0.39 is 42.4 Å². The summed E-state index contributed by atoms with van der Waals surface area (Å²) >= 11 is 0.723. The Morgan fingerprint density at radius 3 is 2.33 bits per heavy atom. The lowest BCUT2D eigenvalue weighted by molar-refractivity contribution is -0.139. The van der Waals surface area contributed by atoms with Crippen LogP contribution in [0.5, 0.6) is 0 Å². The molecule has 30 heavy (non-hydrogen) atoms.